The number of halogens is 1. The Morgan fingerprint density at radius 2 is 2.00 bits per heavy atom. The number of carbonyl (C=O) groups excluding carboxylic acids is 3. The van der Waals surface area contributed by atoms with Gasteiger partial charge in [0.15, 0.2) is 12.0 Å². The lowest BCUT2D eigenvalue weighted by atomic mass is 9.61. The molecule has 204 valence electrons. The first-order chi connectivity index (χ1) is 17.5. The number of ketones is 1. The van der Waals surface area contributed by atoms with Crippen LogP contribution in [0.2, 0.25) is 5.02 Å². The van der Waals surface area contributed by atoms with Gasteiger partial charge in [0.1, 0.15) is 11.5 Å². The van der Waals surface area contributed by atoms with Crippen molar-refractivity contribution in [2.45, 2.75) is 73.6 Å². The van der Waals surface area contributed by atoms with E-state index in [-0.39, 0.29) is 64.6 Å². The molecule has 1 aromatic rings. The van der Waals surface area contributed by atoms with Crippen LogP contribution in [0.25, 0.3) is 0 Å². The number of phenolic OH excluding ortho intramolecular Hbond substituents is 1. The third kappa shape index (κ3) is 7.45. The summed E-state index contributed by atoms with van der Waals surface area (Å²) >= 11 is 6.49. The fourth-order valence-electron chi connectivity index (χ4n) is 4.51. The van der Waals surface area contributed by atoms with Gasteiger partial charge in [-0.15, -0.1) is 0 Å². The molecule has 1 N–H and O–H groups in total. The van der Waals surface area contributed by atoms with Gasteiger partial charge in [-0.1, -0.05) is 56.2 Å². The van der Waals surface area contributed by atoms with E-state index in [0.29, 0.717) is 42.8 Å². The number of ether oxygens (including phenoxy) is 1. The predicted octanol–water partition coefficient (Wildman–Crippen LogP) is 6.51. The van der Waals surface area contributed by atoms with Crippen molar-refractivity contribution in [2.75, 3.05) is 13.2 Å². The number of rotatable bonds is 12. The summed E-state index contributed by atoms with van der Waals surface area (Å²) in [6.07, 6.45) is 8.84. The second-order valence-corrected chi connectivity index (χ2v) is 10.3. The van der Waals surface area contributed by atoms with Crippen LogP contribution in [0.3, 0.4) is 0 Å². The lowest BCUT2D eigenvalue weighted by Crippen LogP contribution is -2.40. The molecule has 0 aliphatic heterocycles. The number of benzene rings is 1. The number of allylic oxidation sites excluding steroid dienone is 4. The first-order valence-electron chi connectivity index (χ1n) is 12.8. The molecule has 0 saturated heterocycles. The minimum atomic E-state index is -0.322. The maximum absolute atomic E-state index is 12.3. The molecule has 37 heavy (non-hydrogen) atoms. The Bertz CT molecular complexity index is 1060. The van der Waals surface area contributed by atoms with E-state index >= 15 is 0 Å². The lowest BCUT2D eigenvalue weighted by molar-refractivity contribution is -0.208. The fourth-order valence-corrected chi connectivity index (χ4v) is 4.76. The van der Waals surface area contributed by atoms with Crippen molar-refractivity contribution in [1.82, 2.24) is 0 Å². The van der Waals surface area contributed by atoms with Crippen LogP contribution in [0.4, 0.5) is 0 Å². The molecule has 0 amide bonds. The van der Waals surface area contributed by atoms with Crippen LogP contribution in [-0.4, -0.2) is 36.4 Å². The van der Waals surface area contributed by atoms with E-state index in [1.54, 1.807) is 13.8 Å². The Hall–Kier alpha value is -2.64. The molecular weight excluding hydrogens is 496 g/mol. The van der Waals surface area contributed by atoms with E-state index in [2.05, 4.69) is 19.9 Å². The summed E-state index contributed by atoms with van der Waals surface area (Å²) in [4.78, 5) is 46.2. The molecule has 2 rings (SSSR count). The van der Waals surface area contributed by atoms with Gasteiger partial charge in [0, 0.05) is 24.3 Å². The van der Waals surface area contributed by atoms with Crippen LogP contribution in [-0.2, 0) is 25.6 Å². The largest absolute Gasteiger partial charge is 0.507 e. The van der Waals surface area contributed by atoms with Crippen molar-refractivity contribution in [3.8, 4) is 11.5 Å². The Labute approximate surface area is 224 Å². The monoisotopic (exact) mass is 534 g/mol. The third-order valence-electron chi connectivity index (χ3n) is 7.56. The van der Waals surface area contributed by atoms with Crippen LogP contribution in [0.5, 0.6) is 11.5 Å². The van der Waals surface area contributed by atoms with Gasteiger partial charge in [-0.25, -0.2) is 0 Å². The average molecular weight is 535 g/mol. The number of Topliss-reactive ketones (excluding diaryl/α,β-unsaturated/α-hetero) is 1. The molecule has 1 saturated carbocycles. The van der Waals surface area contributed by atoms with Crippen molar-refractivity contribution in [3.05, 3.63) is 45.5 Å². The maximum Gasteiger partial charge on any atom is 0.305 e. The summed E-state index contributed by atoms with van der Waals surface area (Å²) in [6.45, 7) is 12.0. The number of aromatic hydroxyl groups is 1. The summed E-state index contributed by atoms with van der Waals surface area (Å²) in [5, 5.41) is 11.0. The minimum absolute atomic E-state index is 0.0589. The third-order valence-corrected chi connectivity index (χ3v) is 8.01. The Kier molecular flexibility index (Phi) is 11.4. The molecular formula is C29H39ClO7. The van der Waals surface area contributed by atoms with E-state index in [0.717, 1.165) is 12.0 Å². The zero-order valence-electron chi connectivity index (χ0n) is 22.7. The summed E-state index contributed by atoms with van der Waals surface area (Å²) in [7, 11) is 0. The van der Waals surface area contributed by atoms with Crippen LogP contribution < -0.4 is 4.89 Å². The highest BCUT2D eigenvalue weighted by molar-refractivity contribution is 6.33. The van der Waals surface area contributed by atoms with E-state index in [4.69, 9.17) is 26.1 Å². The number of hydrogen-bond acceptors (Lipinski definition) is 7. The molecule has 1 aliphatic rings. The van der Waals surface area contributed by atoms with Gasteiger partial charge in [0.25, 0.3) is 0 Å². The van der Waals surface area contributed by atoms with Crippen LogP contribution in [0.15, 0.2) is 23.8 Å². The van der Waals surface area contributed by atoms with Crippen molar-refractivity contribution in [1.29, 1.82) is 0 Å². The molecule has 1 aliphatic carbocycles. The van der Waals surface area contributed by atoms with Gasteiger partial charge in [0.05, 0.1) is 23.8 Å². The Morgan fingerprint density at radius 1 is 1.30 bits per heavy atom. The first kappa shape index (κ1) is 30.6. The van der Waals surface area contributed by atoms with E-state index in [1.807, 2.05) is 26.0 Å². The topological polar surface area (TPSA) is 99.1 Å². The highest BCUT2D eigenvalue weighted by atomic mass is 35.5. The van der Waals surface area contributed by atoms with Crippen molar-refractivity contribution >= 4 is 29.6 Å². The van der Waals surface area contributed by atoms with Crippen molar-refractivity contribution in [2.24, 2.45) is 17.3 Å². The number of carbonyl (C=O) groups is 3. The van der Waals surface area contributed by atoms with Gasteiger partial charge in [-0.3, -0.25) is 14.4 Å². The second-order valence-electron chi connectivity index (χ2n) is 9.92. The standard InChI is InChI=1S/C29H39ClO7/c1-7-35-25(33)9-8-16-36-37-28-22(27(34)23(17-31)20(4)26(28)30)12-10-18(2)14-15-29(6)19(3)11-13-24(32)21(29)5/h10,14-15,17,19,21,34H,7-9,11-13,16H2,1-6H3/b15-14+,18-10+. The van der Waals surface area contributed by atoms with E-state index < -0.39 is 0 Å². The van der Waals surface area contributed by atoms with Gasteiger partial charge in [-0.05, 0) is 56.9 Å². The summed E-state index contributed by atoms with van der Waals surface area (Å²) in [5.41, 5.74) is 1.46. The normalized spacial score (nSPS) is 22.4. The van der Waals surface area contributed by atoms with Crippen LogP contribution in [0.1, 0.15) is 81.8 Å². The highest BCUT2D eigenvalue weighted by Gasteiger charge is 2.41. The molecule has 8 heteroatoms. The van der Waals surface area contributed by atoms with Gasteiger partial charge in [-0.2, -0.15) is 4.89 Å². The molecule has 0 spiro atoms. The number of hydrogen-bond donors (Lipinski definition) is 1. The quantitative estimate of drug-likeness (QED) is 0.0815. The van der Waals surface area contributed by atoms with Crippen molar-refractivity contribution in [3.63, 3.8) is 0 Å². The van der Waals surface area contributed by atoms with Crippen molar-refractivity contribution < 1.29 is 34.0 Å². The lowest BCUT2D eigenvalue weighted by Gasteiger charge is -2.42. The van der Waals surface area contributed by atoms with Crippen LogP contribution >= 0.6 is 11.6 Å². The molecule has 1 fully saturated rings. The summed E-state index contributed by atoms with van der Waals surface area (Å²) in [6, 6.07) is 0. The molecule has 7 nitrogen and oxygen atoms in total. The average Bonchev–Trinajstić information content (AvgIpc) is 2.86. The molecule has 0 heterocycles. The zero-order valence-corrected chi connectivity index (χ0v) is 23.4. The Morgan fingerprint density at radius 3 is 2.65 bits per heavy atom. The maximum atomic E-state index is 12.3. The molecule has 3 unspecified atom stereocenters. The summed E-state index contributed by atoms with van der Waals surface area (Å²) in [5.74, 6) is 0.187. The first-order valence-corrected chi connectivity index (χ1v) is 13.2. The summed E-state index contributed by atoms with van der Waals surface area (Å²) < 4.78 is 4.89. The number of esters is 1. The second kappa shape index (κ2) is 13.8. The fraction of sp³-hybridized carbons (Fsp3) is 0.552. The van der Waals surface area contributed by atoms with E-state index in [9.17, 15) is 19.5 Å². The number of phenols is 1. The number of aldehydes is 1. The Balaban J connectivity index is 2.23. The predicted molar refractivity (Wildman–Crippen MR) is 143 cm³/mol. The molecule has 0 bridgehead atoms. The zero-order chi connectivity index (χ0) is 27.8. The molecule has 3 atom stereocenters. The molecule has 1 aromatic carbocycles. The highest BCUT2D eigenvalue weighted by Crippen LogP contribution is 2.45. The minimum Gasteiger partial charge on any atom is -0.507 e. The van der Waals surface area contributed by atoms with E-state index in [1.165, 1.54) is 0 Å². The van der Waals surface area contributed by atoms with Gasteiger partial charge < -0.3 is 14.7 Å². The molecule has 0 aromatic heterocycles. The smallest absolute Gasteiger partial charge is 0.305 e. The van der Waals surface area contributed by atoms with Gasteiger partial charge in [0.2, 0.25) is 0 Å². The SMILES string of the molecule is CCOC(=O)CCCOOc1c(Cl)c(C)c(C=O)c(O)c1C/C=C(C)/C=C/C1(C)C(C)CCC(=O)C1C. The molecule has 0 radical (unpaired) electrons. The van der Waals surface area contributed by atoms with Crippen LogP contribution in [0, 0.1) is 24.2 Å². The van der Waals surface area contributed by atoms with Gasteiger partial charge >= 0.3 is 5.97 Å².